The second-order valence-corrected chi connectivity index (χ2v) is 7.47. The monoisotopic (exact) mass is 336 g/mol. The zero-order valence-electron chi connectivity index (χ0n) is 15.4. The van der Waals surface area contributed by atoms with Crippen molar-refractivity contribution in [3.8, 4) is 0 Å². The molecule has 3 heterocycles. The van der Waals surface area contributed by atoms with Gasteiger partial charge in [0.25, 0.3) is 0 Å². The lowest BCUT2D eigenvalue weighted by Gasteiger charge is -2.39. The van der Waals surface area contributed by atoms with Crippen LogP contribution in [0.1, 0.15) is 51.9 Å². The third kappa shape index (κ3) is 4.32. The highest BCUT2D eigenvalue weighted by molar-refractivity contribution is 4.96. The molecule has 2 saturated heterocycles. The Morgan fingerprint density at radius 2 is 2.00 bits per heavy atom. The average Bonchev–Trinajstić information content (AvgIpc) is 3.25. The Hall–Kier alpha value is -1.05. The molecule has 0 aromatic carbocycles. The van der Waals surface area contributed by atoms with Crippen molar-refractivity contribution in [1.82, 2.24) is 30.0 Å². The van der Waals surface area contributed by atoms with Crippen molar-refractivity contribution >= 4 is 0 Å². The maximum absolute atomic E-state index is 5.78. The van der Waals surface area contributed by atoms with E-state index in [1.54, 1.807) is 0 Å². The molecule has 3 rings (SSSR count). The number of hydrogen-bond donors (Lipinski definition) is 0. The van der Waals surface area contributed by atoms with Gasteiger partial charge in [-0.2, -0.15) is 0 Å². The van der Waals surface area contributed by atoms with E-state index in [1.807, 2.05) is 4.68 Å². The molecule has 0 saturated carbocycles. The minimum absolute atomic E-state index is 0.267. The van der Waals surface area contributed by atoms with E-state index in [-0.39, 0.29) is 6.10 Å². The lowest BCUT2D eigenvalue weighted by atomic mass is 10.0. The predicted octanol–water partition coefficient (Wildman–Crippen LogP) is 1.58. The topological polar surface area (TPSA) is 59.3 Å². The van der Waals surface area contributed by atoms with Gasteiger partial charge in [-0.05, 0) is 42.2 Å². The maximum atomic E-state index is 5.78. The highest BCUT2D eigenvalue weighted by Crippen LogP contribution is 2.28. The first-order valence-corrected chi connectivity index (χ1v) is 9.51. The summed E-state index contributed by atoms with van der Waals surface area (Å²) in [5.74, 6) is 1.64. The lowest BCUT2D eigenvalue weighted by molar-refractivity contribution is 0.0738. The molecule has 1 aromatic rings. The van der Waals surface area contributed by atoms with Gasteiger partial charge in [0.15, 0.2) is 5.82 Å². The molecule has 24 heavy (non-hydrogen) atoms. The van der Waals surface area contributed by atoms with Crippen molar-refractivity contribution < 1.29 is 4.74 Å². The van der Waals surface area contributed by atoms with E-state index in [2.05, 4.69) is 46.1 Å². The molecular weight excluding hydrogens is 304 g/mol. The minimum Gasteiger partial charge on any atom is -0.376 e. The lowest BCUT2D eigenvalue weighted by Crippen LogP contribution is -2.48. The Morgan fingerprint density at radius 1 is 1.21 bits per heavy atom. The molecule has 0 N–H and O–H groups in total. The van der Waals surface area contributed by atoms with Crippen LogP contribution in [0, 0.1) is 5.92 Å². The smallest absolute Gasteiger partial charge is 0.168 e. The number of ether oxygens (including phenoxy) is 1. The Kier molecular flexibility index (Phi) is 6.19. The molecule has 2 aliphatic heterocycles. The van der Waals surface area contributed by atoms with Gasteiger partial charge in [0.05, 0.1) is 18.7 Å². The second kappa shape index (κ2) is 8.36. The summed E-state index contributed by atoms with van der Waals surface area (Å²) >= 11 is 0. The highest BCUT2D eigenvalue weighted by Gasteiger charge is 2.30. The van der Waals surface area contributed by atoms with E-state index in [4.69, 9.17) is 4.74 Å². The molecule has 2 atom stereocenters. The van der Waals surface area contributed by atoms with Crippen molar-refractivity contribution in [2.24, 2.45) is 5.92 Å². The molecule has 0 amide bonds. The maximum Gasteiger partial charge on any atom is 0.168 e. The first-order valence-electron chi connectivity index (χ1n) is 9.51. The van der Waals surface area contributed by atoms with Crippen molar-refractivity contribution in [1.29, 1.82) is 0 Å². The number of hydrogen-bond acceptors (Lipinski definition) is 6. The van der Waals surface area contributed by atoms with Crippen LogP contribution in [-0.4, -0.2) is 75.4 Å². The summed E-state index contributed by atoms with van der Waals surface area (Å²) in [4.78, 5) is 5.09. The molecule has 0 spiro atoms. The summed E-state index contributed by atoms with van der Waals surface area (Å²) in [5.41, 5.74) is 0. The van der Waals surface area contributed by atoms with Crippen LogP contribution in [-0.2, 0) is 11.3 Å². The van der Waals surface area contributed by atoms with Crippen LogP contribution in [0.5, 0.6) is 0 Å². The van der Waals surface area contributed by atoms with Gasteiger partial charge < -0.3 is 9.64 Å². The van der Waals surface area contributed by atoms with Crippen LogP contribution < -0.4 is 0 Å². The minimum atomic E-state index is 0.267. The SMILES string of the molecule is CCN1CCN([C@H](CC(C)C)c2nnnn2C[C@H]2CCCO2)CC1. The quantitative estimate of drug-likeness (QED) is 0.753. The van der Waals surface area contributed by atoms with Crippen LogP contribution in [0.15, 0.2) is 0 Å². The van der Waals surface area contributed by atoms with E-state index in [0.717, 1.165) is 71.0 Å². The number of rotatable bonds is 7. The number of nitrogens with zero attached hydrogens (tertiary/aromatic N) is 6. The Balaban J connectivity index is 1.72. The molecule has 2 aliphatic rings. The molecule has 2 fully saturated rings. The Bertz CT molecular complexity index is 491. The van der Waals surface area contributed by atoms with Gasteiger partial charge in [-0.1, -0.05) is 20.8 Å². The molecule has 0 unspecified atom stereocenters. The van der Waals surface area contributed by atoms with Crippen LogP contribution >= 0.6 is 0 Å². The Labute approximate surface area is 145 Å². The van der Waals surface area contributed by atoms with E-state index >= 15 is 0 Å². The van der Waals surface area contributed by atoms with E-state index in [1.165, 1.54) is 0 Å². The van der Waals surface area contributed by atoms with Crippen molar-refractivity contribution in [3.05, 3.63) is 5.82 Å². The van der Waals surface area contributed by atoms with Gasteiger partial charge in [-0.3, -0.25) is 4.90 Å². The van der Waals surface area contributed by atoms with Crippen LogP contribution in [0.25, 0.3) is 0 Å². The zero-order chi connectivity index (χ0) is 16.9. The summed E-state index contributed by atoms with van der Waals surface area (Å²) in [5, 5.41) is 12.7. The summed E-state index contributed by atoms with van der Waals surface area (Å²) in [7, 11) is 0. The fourth-order valence-electron chi connectivity index (χ4n) is 3.82. The van der Waals surface area contributed by atoms with Crippen LogP contribution in [0.2, 0.25) is 0 Å². The normalized spacial score (nSPS) is 24.8. The summed E-state index contributed by atoms with van der Waals surface area (Å²) in [6.07, 6.45) is 3.63. The molecule has 0 radical (unpaired) electrons. The number of piperazine rings is 1. The van der Waals surface area contributed by atoms with Gasteiger partial charge in [-0.15, -0.1) is 5.10 Å². The second-order valence-electron chi connectivity index (χ2n) is 7.47. The van der Waals surface area contributed by atoms with Crippen molar-refractivity contribution in [2.75, 3.05) is 39.3 Å². The molecule has 136 valence electrons. The average molecular weight is 336 g/mol. The summed E-state index contributed by atoms with van der Waals surface area (Å²) < 4.78 is 7.77. The van der Waals surface area contributed by atoms with Crippen LogP contribution in [0.3, 0.4) is 0 Å². The van der Waals surface area contributed by atoms with Gasteiger partial charge in [-0.25, -0.2) is 4.68 Å². The van der Waals surface area contributed by atoms with Crippen molar-refractivity contribution in [3.63, 3.8) is 0 Å². The first-order chi connectivity index (χ1) is 11.7. The molecule has 7 nitrogen and oxygen atoms in total. The fraction of sp³-hybridized carbons (Fsp3) is 0.941. The zero-order valence-corrected chi connectivity index (χ0v) is 15.4. The third-order valence-corrected chi connectivity index (χ3v) is 5.25. The Morgan fingerprint density at radius 3 is 2.62 bits per heavy atom. The summed E-state index contributed by atoms with van der Waals surface area (Å²) in [6, 6.07) is 0.306. The van der Waals surface area contributed by atoms with Gasteiger partial charge in [0.1, 0.15) is 0 Å². The fourth-order valence-corrected chi connectivity index (χ4v) is 3.82. The molecule has 7 heteroatoms. The number of tetrazole rings is 1. The van der Waals surface area contributed by atoms with E-state index < -0.39 is 0 Å². The predicted molar refractivity (Wildman–Crippen MR) is 92.7 cm³/mol. The van der Waals surface area contributed by atoms with Crippen molar-refractivity contribution in [2.45, 2.75) is 58.7 Å². The summed E-state index contributed by atoms with van der Waals surface area (Å²) in [6.45, 7) is 14.1. The molecule has 1 aromatic heterocycles. The molecular formula is C17H32N6O. The van der Waals surface area contributed by atoms with Gasteiger partial charge in [0.2, 0.25) is 0 Å². The molecule has 0 aliphatic carbocycles. The highest BCUT2D eigenvalue weighted by atomic mass is 16.5. The van der Waals surface area contributed by atoms with E-state index in [0.29, 0.717) is 12.0 Å². The standard InChI is InChI=1S/C17H32N6O/c1-4-21-7-9-22(10-8-21)16(12-14(2)3)17-18-19-20-23(17)13-15-6-5-11-24-15/h14-16H,4-13H2,1-3H3/t15-,16-/m1/s1. The number of likely N-dealkylation sites (N-methyl/N-ethyl adjacent to an activating group) is 1. The van der Waals surface area contributed by atoms with E-state index in [9.17, 15) is 0 Å². The third-order valence-electron chi connectivity index (χ3n) is 5.25. The molecule has 0 bridgehead atoms. The van der Waals surface area contributed by atoms with Crippen LogP contribution in [0.4, 0.5) is 0 Å². The number of aromatic nitrogens is 4. The van der Waals surface area contributed by atoms with Gasteiger partial charge in [0, 0.05) is 32.8 Å². The van der Waals surface area contributed by atoms with Gasteiger partial charge >= 0.3 is 0 Å². The largest absolute Gasteiger partial charge is 0.376 e. The first kappa shape index (κ1) is 17.8.